The molecule has 0 spiro atoms. The summed E-state index contributed by atoms with van der Waals surface area (Å²) in [7, 11) is 0. The number of rotatable bonds is 2. The van der Waals surface area contributed by atoms with Crippen molar-refractivity contribution in [3.8, 4) is 23.5 Å². The Morgan fingerprint density at radius 3 is 2.14 bits per heavy atom. The third-order valence-electron chi connectivity index (χ3n) is 2.65. The Bertz CT molecular complexity index is 740. The van der Waals surface area contributed by atoms with E-state index in [1.807, 2.05) is 0 Å². The number of hydrogen-bond acceptors (Lipinski definition) is 3. The molecule has 104 valence electrons. The number of furan rings is 1. The summed E-state index contributed by atoms with van der Waals surface area (Å²) < 4.78 is 42.7. The van der Waals surface area contributed by atoms with E-state index < -0.39 is 11.7 Å². The molecule has 1 aromatic carbocycles. The molecule has 1 heterocycles. The third-order valence-corrected chi connectivity index (χ3v) is 2.65. The molecule has 0 aliphatic heterocycles. The van der Waals surface area contributed by atoms with Gasteiger partial charge in [0.25, 0.3) is 0 Å². The second kappa shape index (κ2) is 5.56. The van der Waals surface area contributed by atoms with Crippen molar-refractivity contribution in [1.29, 1.82) is 10.5 Å². The van der Waals surface area contributed by atoms with Gasteiger partial charge in [0.05, 0.1) is 5.56 Å². The van der Waals surface area contributed by atoms with Gasteiger partial charge < -0.3 is 4.42 Å². The maximum absolute atomic E-state index is 12.5. The van der Waals surface area contributed by atoms with E-state index in [1.54, 1.807) is 18.2 Å². The van der Waals surface area contributed by atoms with E-state index in [-0.39, 0.29) is 11.3 Å². The monoisotopic (exact) mass is 288 g/mol. The average Bonchev–Trinajstić information content (AvgIpc) is 2.92. The minimum atomic E-state index is -4.38. The van der Waals surface area contributed by atoms with Gasteiger partial charge in [-0.25, -0.2) is 0 Å². The Labute approximate surface area is 118 Å². The number of hydrogen-bond donors (Lipinski definition) is 0. The Morgan fingerprint density at radius 2 is 1.62 bits per heavy atom. The standard InChI is InChI=1S/C15H7F3N2O/c16-15(17,18)12-3-1-11(2-4-12)14-6-5-13(21-14)7-10(8-19)9-20/h1-7H. The van der Waals surface area contributed by atoms with Crippen LogP contribution in [0.4, 0.5) is 13.2 Å². The van der Waals surface area contributed by atoms with Crippen LogP contribution in [-0.4, -0.2) is 0 Å². The van der Waals surface area contributed by atoms with Crippen molar-refractivity contribution in [2.45, 2.75) is 6.18 Å². The summed E-state index contributed by atoms with van der Waals surface area (Å²) in [5, 5.41) is 17.3. The van der Waals surface area contributed by atoms with E-state index >= 15 is 0 Å². The fourth-order valence-corrected chi connectivity index (χ4v) is 1.64. The van der Waals surface area contributed by atoms with Crippen LogP contribution < -0.4 is 0 Å². The number of nitrogens with zero attached hydrogens (tertiary/aromatic N) is 2. The van der Waals surface area contributed by atoms with Gasteiger partial charge in [-0.05, 0) is 24.3 Å². The predicted molar refractivity (Wildman–Crippen MR) is 68.3 cm³/mol. The zero-order valence-corrected chi connectivity index (χ0v) is 10.5. The van der Waals surface area contributed by atoms with E-state index in [2.05, 4.69) is 0 Å². The molecule has 21 heavy (non-hydrogen) atoms. The molecule has 2 aromatic rings. The van der Waals surface area contributed by atoms with Gasteiger partial charge in [-0.15, -0.1) is 0 Å². The van der Waals surface area contributed by atoms with Gasteiger partial charge in [0.15, 0.2) is 0 Å². The highest BCUT2D eigenvalue weighted by Crippen LogP contribution is 2.31. The second-order valence-corrected chi connectivity index (χ2v) is 4.06. The van der Waals surface area contributed by atoms with Gasteiger partial charge >= 0.3 is 6.18 Å². The number of benzene rings is 1. The summed E-state index contributed by atoms with van der Waals surface area (Å²) in [6.45, 7) is 0. The summed E-state index contributed by atoms with van der Waals surface area (Å²) in [6.07, 6.45) is -3.13. The summed E-state index contributed by atoms with van der Waals surface area (Å²) in [5.74, 6) is 0.633. The first-order chi connectivity index (χ1) is 9.94. The molecule has 0 N–H and O–H groups in total. The molecule has 0 atom stereocenters. The number of halogens is 3. The highest BCUT2D eigenvalue weighted by atomic mass is 19.4. The molecule has 0 aliphatic carbocycles. The van der Waals surface area contributed by atoms with Crippen LogP contribution in [0, 0.1) is 22.7 Å². The first kappa shape index (κ1) is 14.4. The largest absolute Gasteiger partial charge is 0.457 e. The molecule has 0 aliphatic rings. The molecule has 0 bridgehead atoms. The lowest BCUT2D eigenvalue weighted by Crippen LogP contribution is -2.03. The third kappa shape index (κ3) is 3.31. The lowest BCUT2D eigenvalue weighted by molar-refractivity contribution is -0.137. The van der Waals surface area contributed by atoms with Gasteiger partial charge in [-0.1, -0.05) is 12.1 Å². The molecule has 0 radical (unpaired) electrons. The summed E-state index contributed by atoms with van der Waals surface area (Å²) in [5.41, 5.74) is -0.393. The van der Waals surface area contributed by atoms with Crippen molar-refractivity contribution in [3.63, 3.8) is 0 Å². The molecular weight excluding hydrogens is 281 g/mol. The number of alkyl halides is 3. The number of nitriles is 2. The minimum absolute atomic E-state index is 0.122. The lowest BCUT2D eigenvalue weighted by atomic mass is 10.1. The zero-order valence-electron chi connectivity index (χ0n) is 10.5. The quantitative estimate of drug-likeness (QED) is 0.770. The van der Waals surface area contributed by atoms with Crippen LogP contribution in [0.2, 0.25) is 0 Å². The van der Waals surface area contributed by atoms with E-state index in [0.29, 0.717) is 11.3 Å². The van der Waals surface area contributed by atoms with Crippen molar-refractivity contribution < 1.29 is 17.6 Å². The summed E-state index contributed by atoms with van der Waals surface area (Å²) >= 11 is 0. The summed E-state index contributed by atoms with van der Waals surface area (Å²) in [6, 6.07) is 11.0. The van der Waals surface area contributed by atoms with Crippen LogP contribution in [0.1, 0.15) is 11.3 Å². The molecule has 0 unspecified atom stereocenters. The van der Waals surface area contributed by atoms with Gasteiger partial charge in [0, 0.05) is 11.6 Å². The Hall–Kier alpha value is -2.99. The average molecular weight is 288 g/mol. The fourth-order valence-electron chi connectivity index (χ4n) is 1.64. The maximum Gasteiger partial charge on any atom is 0.416 e. The first-order valence-electron chi connectivity index (χ1n) is 5.73. The Kier molecular flexibility index (Phi) is 3.82. The van der Waals surface area contributed by atoms with Gasteiger partial charge in [0.1, 0.15) is 29.2 Å². The van der Waals surface area contributed by atoms with E-state index in [0.717, 1.165) is 12.1 Å². The Balaban J connectivity index is 2.29. The highest BCUT2D eigenvalue weighted by Gasteiger charge is 2.30. The molecule has 6 heteroatoms. The van der Waals surface area contributed by atoms with Crippen LogP contribution >= 0.6 is 0 Å². The van der Waals surface area contributed by atoms with Crippen molar-refractivity contribution in [2.24, 2.45) is 0 Å². The Morgan fingerprint density at radius 1 is 1.00 bits per heavy atom. The SMILES string of the molecule is N#CC(C#N)=Cc1ccc(-c2ccc(C(F)(F)F)cc2)o1. The zero-order chi connectivity index (χ0) is 15.5. The predicted octanol–water partition coefficient (Wildman–Crippen LogP) is 4.40. The number of allylic oxidation sites excluding steroid dienone is 1. The fraction of sp³-hybridized carbons (Fsp3) is 0.0667. The van der Waals surface area contributed by atoms with Crippen LogP contribution in [0.25, 0.3) is 17.4 Å². The molecule has 0 fully saturated rings. The molecule has 0 amide bonds. The summed E-state index contributed by atoms with van der Waals surface area (Å²) in [4.78, 5) is 0. The van der Waals surface area contributed by atoms with Gasteiger partial charge in [0.2, 0.25) is 0 Å². The van der Waals surface area contributed by atoms with E-state index in [4.69, 9.17) is 14.9 Å². The van der Waals surface area contributed by atoms with Crippen LogP contribution in [-0.2, 0) is 6.18 Å². The molecule has 2 rings (SSSR count). The molecular formula is C15H7F3N2O. The van der Waals surface area contributed by atoms with Crippen molar-refractivity contribution >= 4 is 6.08 Å². The van der Waals surface area contributed by atoms with Crippen LogP contribution in [0.5, 0.6) is 0 Å². The molecule has 3 nitrogen and oxygen atoms in total. The van der Waals surface area contributed by atoms with Crippen molar-refractivity contribution in [2.75, 3.05) is 0 Å². The van der Waals surface area contributed by atoms with E-state index in [1.165, 1.54) is 24.3 Å². The van der Waals surface area contributed by atoms with Gasteiger partial charge in [-0.3, -0.25) is 0 Å². The topological polar surface area (TPSA) is 60.7 Å². The minimum Gasteiger partial charge on any atom is -0.457 e. The van der Waals surface area contributed by atoms with Gasteiger partial charge in [-0.2, -0.15) is 23.7 Å². The maximum atomic E-state index is 12.5. The van der Waals surface area contributed by atoms with Crippen LogP contribution in [0.3, 0.4) is 0 Å². The van der Waals surface area contributed by atoms with Crippen molar-refractivity contribution in [3.05, 3.63) is 53.3 Å². The second-order valence-electron chi connectivity index (χ2n) is 4.06. The lowest BCUT2D eigenvalue weighted by Gasteiger charge is -2.06. The van der Waals surface area contributed by atoms with Crippen LogP contribution in [0.15, 0.2) is 46.4 Å². The first-order valence-corrected chi connectivity index (χ1v) is 5.73. The molecule has 0 saturated carbocycles. The molecule has 0 saturated heterocycles. The highest BCUT2D eigenvalue weighted by molar-refractivity contribution is 5.63. The van der Waals surface area contributed by atoms with E-state index in [9.17, 15) is 13.2 Å². The normalized spacial score (nSPS) is 10.5. The molecule has 1 aromatic heterocycles. The smallest absolute Gasteiger partial charge is 0.416 e. The van der Waals surface area contributed by atoms with Crippen molar-refractivity contribution in [1.82, 2.24) is 0 Å².